The fourth-order valence-corrected chi connectivity index (χ4v) is 3.20. The van der Waals surface area contributed by atoms with E-state index in [1.807, 2.05) is 31.2 Å². The number of rotatable bonds is 6. The maximum absolute atomic E-state index is 12.0. The highest BCUT2D eigenvalue weighted by Crippen LogP contribution is 2.40. The predicted octanol–water partition coefficient (Wildman–Crippen LogP) is 3.44. The topological polar surface area (TPSA) is 68.3 Å². The minimum Gasteiger partial charge on any atom is -0.487 e. The first-order valence-electron chi connectivity index (χ1n) is 8.71. The standard InChI is InChI=1S/C20H21ClN2O3/c1-3-12(2)18(24)20(25)23-11-16-9-14-8-15(21)10-17(19(14)26-16)13-4-6-22-7-5-13/h4-8,10,12,16H,3,9,11H2,1-2H3,(H,23,25)/t12-,16+/m0/s1. The van der Waals surface area contributed by atoms with Crippen LogP contribution in [0.25, 0.3) is 11.1 Å². The van der Waals surface area contributed by atoms with E-state index in [1.54, 1.807) is 19.3 Å². The summed E-state index contributed by atoms with van der Waals surface area (Å²) < 4.78 is 6.06. The van der Waals surface area contributed by atoms with Crippen LogP contribution in [0.5, 0.6) is 5.75 Å². The van der Waals surface area contributed by atoms with E-state index >= 15 is 0 Å². The van der Waals surface area contributed by atoms with Crippen LogP contribution < -0.4 is 10.1 Å². The normalized spacial score (nSPS) is 16.5. The van der Waals surface area contributed by atoms with Gasteiger partial charge in [-0.15, -0.1) is 0 Å². The molecule has 0 unspecified atom stereocenters. The van der Waals surface area contributed by atoms with Gasteiger partial charge in [0.1, 0.15) is 11.9 Å². The first kappa shape index (κ1) is 18.4. The van der Waals surface area contributed by atoms with Gasteiger partial charge in [0, 0.05) is 40.9 Å². The van der Waals surface area contributed by atoms with Gasteiger partial charge in [-0.1, -0.05) is 25.4 Å². The van der Waals surface area contributed by atoms with Gasteiger partial charge in [0.05, 0.1) is 6.54 Å². The minimum atomic E-state index is -0.550. The molecule has 2 aromatic rings. The summed E-state index contributed by atoms with van der Waals surface area (Å²) in [6.45, 7) is 3.92. The molecular weight excluding hydrogens is 352 g/mol. The van der Waals surface area contributed by atoms with Gasteiger partial charge in [0.25, 0.3) is 5.91 Å². The molecule has 0 bridgehead atoms. The van der Waals surface area contributed by atoms with Crippen molar-refractivity contribution in [1.29, 1.82) is 0 Å². The van der Waals surface area contributed by atoms with Crippen molar-refractivity contribution in [1.82, 2.24) is 10.3 Å². The second-order valence-electron chi connectivity index (χ2n) is 6.51. The molecule has 26 heavy (non-hydrogen) atoms. The summed E-state index contributed by atoms with van der Waals surface area (Å²) in [4.78, 5) is 27.9. The molecule has 0 spiro atoms. The second-order valence-corrected chi connectivity index (χ2v) is 6.94. The van der Waals surface area contributed by atoms with Crippen molar-refractivity contribution in [2.24, 2.45) is 5.92 Å². The lowest BCUT2D eigenvalue weighted by atomic mass is 10.0. The van der Waals surface area contributed by atoms with Crippen molar-refractivity contribution < 1.29 is 14.3 Å². The van der Waals surface area contributed by atoms with Crippen LogP contribution in [-0.4, -0.2) is 29.3 Å². The Kier molecular flexibility index (Phi) is 5.57. The minimum absolute atomic E-state index is 0.224. The number of benzene rings is 1. The number of hydrogen-bond donors (Lipinski definition) is 1. The van der Waals surface area contributed by atoms with E-state index in [4.69, 9.17) is 16.3 Å². The molecule has 136 valence electrons. The number of nitrogens with one attached hydrogen (secondary N) is 1. The number of Topliss-reactive ketones (excluding diaryl/α,β-unsaturated/α-hetero) is 1. The van der Waals surface area contributed by atoms with E-state index in [-0.39, 0.29) is 24.3 Å². The lowest BCUT2D eigenvalue weighted by Crippen LogP contribution is -2.40. The summed E-state index contributed by atoms with van der Waals surface area (Å²) in [5.41, 5.74) is 2.87. The molecule has 0 fully saturated rings. The lowest BCUT2D eigenvalue weighted by Gasteiger charge is -2.14. The van der Waals surface area contributed by atoms with Crippen molar-refractivity contribution in [3.05, 3.63) is 47.2 Å². The zero-order valence-corrected chi connectivity index (χ0v) is 15.5. The summed E-state index contributed by atoms with van der Waals surface area (Å²) in [5.74, 6) is -0.434. The highest BCUT2D eigenvalue weighted by molar-refractivity contribution is 6.36. The molecule has 6 heteroatoms. The highest BCUT2D eigenvalue weighted by atomic mass is 35.5. The van der Waals surface area contributed by atoms with Gasteiger partial charge < -0.3 is 10.1 Å². The molecule has 1 amide bonds. The number of ether oxygens (including phenoxy) is 1. The maximum Gasteiger partial charge on any atom is 0.287 e. The van der Waals surface area contributed by atoms with E-state index in [2.05, 4.69) is 10.3 Å². The molecule has 1 N–H and O–H groups in total. The average molecular weight is 373 g/mol. The molecule has 2 atom stereocenters. The number of amides is 1. The Morgan fingerprint density at radius 3 is 2.77 bits per heavy atom. The number of ketones is 1. The van der Waals surface area contributed by atoms with Crippen LogP contribution >= 0.6 is 11.6 Å². The molecule has 0 radical (unpaired) electrons. The monoisotopic (exact) mass is 372 g/mol. The van der Waals surface area contributed by atoms with Gasteiger partial charge in [-0.05, 0) is 36.2 Å². The van der Waals surface area contributed by atoms with Crippen LogP contribution in [0, 0.1) is 5.92 Å². The number of halogens is 1. The largest absolute Gasteiger partial charge is 0.487 e. The van der Waals surface area contributed by atoms with E-state index in [1.165, 1.54) is 0 Å². The third-order valence-corrected chi connectivity index (χ3v) is 4.85. The molecule has 3 rings (SSSR count). The Balaban J connectivity index is 1.71. The average Bonchev–Trinajstić information content (AvgIpc) is 3.07. The van der Waals surface area contributed by atoms with Crippen LogP contribution in [0.2, 0.25) is 5.02 Å². The quantitative estimate of drug-likeness (QED) is 0.789. The molecular formula is C20H21ClN2O3. The zero-order valence-electron chi connectivity index (χ0n) is 14.8. The number of pyridine rings is 1. The van der Waals surface area contributed by atoms with E-state index in [9.17, 15) is 9.59 Å². The van der Waals surface area contributed by atoms with E-state index in [0.29, 0.717) is 17.9 Å². The molecule has 5 nitrogen and oxygen atoms in total. The van der Waals surface area contributed by atoms with Gasteiger partial charge in [-0.3, -0.25) is 14.6 Å². The Bertz CT molecular complexity index is 823. The molecule has 0 saturated carbocycles. The van der Waals surface area contributed by atoms with Gasteiger partial charge in [-0.2, -0.15) is 0 Å². The number of carbonyl (C=O) groups is 2. The lowest BCUT2D eigenvalue weighted by molar-refractivity contribution is -0.140. The van der Waals surface area contributed by atoms with Crippen LogP contribution in [0.15, 0.2) is 36.7 Å². The van der Waals surface area contributed by atoms with Crippen molar-refractivity contribution >= 4 is 23.3 Å². The van der Waals surface area contributed by atoms with Crippen LogP contribution in [0.4, 0.5) is 0 Å². The summed E-state index contributed by atoms with van der Waals surface area (Å²) in [6, 6.07) is 7.54. The fourth-order valence-electron chi connectivity index (χ4n) is 2.96. The molecule has 2 heterocycles. The van der Waals surface area contributed by atoms with Crippen molar-refractivity contribution in [3.63, 3.8) is 0 Å². The van der Waals surface area contributed by atoms with Crippen LogP contribution in [0.1, 0.15) is 25.8 Å². The molecule has 1 aromatic carbocycles. The van der Waals surface area contributed by atoms with E-state index in [0.717, 1.165) is 22.4 Å². The van der Waals surface area contributed by atoms with Crippen LogP contribution in [0.3, 0.4) is 0 Å². The summed E-state index contributed by atoms with van der Waals surface area (Å²) >= 11 is 6.26. The maximum atomic E-state index is 12.0. The summed E-state index contributed by atoms with van der Waals surface area (Å²) in [5, 5.41) is 3.33. The summed E-state index contributed by atoms with van der Waals surface area (Å²) in [6.07, 6.45) is 4.49. The first-order valence-corrected chi connectivity index (χ1v) is 9.09. The summed E-state index contributed by atoms with van der Waals surface area (Å²) in [7, 11) is 0. The third kappa shape index (κ3) is 3.88. The number of hydrogen-bond acceptors (Lipinski definition) is 4. The van der Waals surface area contributed by atoms with E-state index < -0.39 is 5.91 Å². The van der Waals surface area contributed by atoms with Crippen molar-refractivity contribution in [2.45, 2.75) is 32.8 Å². The zero-order chi connectivity index (χ0) is 18.7. The molecule has 1 aromatic heterocycles. The number of fused-ring (bicyclic) bond motifs is 1. The molecule has 1 aliphatic heterocycles. The highest BCUT2D eigenvalue weighted by Gasteiger charge is 2.28. The smallest absolute Gasteiger partial charge is 0.287 e. The Hall–Kier alpha value is -2.40. The van der Waals surface area contributed by atoms with Gasteiger partial charge in [0.2, 0.25) is 5.78 Å². The molecule has 1 aliphatic rings. The number of carbonyl (C=O) groups excluding carboxylic acids is 2. The van der Waals surface area contributed by atoms with Gasteiger partial charge in [-0.25, -0.2) is 0 Å². The predicted molar refractivity (Wildman–Crippen MR) is 100 cm³/mol. The van der Waals surface area contributed by atoms with Crippen LogP contribution in [-0.2, 0) is 16.0 Å². The molecule has 0 aliphatic carbocycles. The number of nitrogens with zero attached hydrogens (tertiary/aromatic N) is 1. The van der Waals surface area contributed by atoms with Crippen molar-refractivity contribution in [3.8, 4) is 16.9 Å². The SMILES string of the molecule is CC[C@H](C)C(=O)C(=O)NC[C@H]1Cc2cc(Cl)cc(-c3ccncc3)c2O1. The Morgan fingerprint density at radius 1 is 1.35 bits per heavy atom. The first-order chi connectivity index (χ1) is 12.5. The third-order valence-electron chi connectivity index (χ3n) is 4.63. The Labute approximate surface area is 157 Å². The van der Waals surface area contributed by atoms with Gasteiger partial charge >= 0.3 is 0 Å². The number of aromatic nitrogens is 1. The second kappa shape index (κ2) is 7.87. The van der Waals surface area contributed by atoms with Crippen molar-refractivity contribution in [2.75, 3.05) is 6.54 Å². The Morgan fingerprint density at radius 2 is 2.08 bits per heavy atom. The molecule has 0 saturated heterocycles. The van der Waals surface area contributed by atoms with Gasteiger partial charge in [0.15, 0.2) is 0 Å². The fraction of sp³-hybridized carbons (Fsp3) is 0.350.